The molecule has 2 aromatic rings. The quantitative estimate of drug-likeness (QED) is 0.137. The van der Waals surface area contributed by atoms with Gasteiger partial charge in [0.2, 0.25) is 11.9 Å². The average molecular weight is 535 g/mol. The van der Waals surface area contributed by atoms with Crippen LogP contribution in [0.5, 0.6) is 11.5 Å². The van der Waals surface area contributed by atoms with Crippen molar-refractivity contribution in [3.05, 3.63) is 58.7 Å². The molecule has 0 amide bonds. The summed E-state index contributed by atoms with van der Waals surface area (Å²) in [6.45, 7) is 5.22. The van der Waals surface area contributed by atoms with Gasteiger partial charge < -0.3 is 32.4 Å². The van der Waals surface area contributed by atoms with Crippen molar-refractivity contribution in [3.63, 3.8) is 0 Å². The Kier molecular flexibility index (Phi) is 10.4. The third-order valence-electron chi connectivity index (χ3n) is 4.79. The first-order valence-corrected chi connectivity index (χ1v) is 12.2. The predicted octanol–water partition coefficient (Wildman–Crippen LogP) is 0.857. The van der Waals surface area contributed by atoms with E-state index in [1.807, 2.05) is 50.2 Å². The standard InChI is InChI=1S/2C11H14N4O.H2O4S/c2*1-7-3-2-4-8-9(14-15-11(12)13)5-6-16-10(7)8;1-5(2,3)4/h2*2-4H,5-6H2,1H3,(H4,12,13,15);(H2,1,2,3,4)/b2*14-9+;. The second kappa shape index (κ2) is 13.2. The van der Waals surface area contributed by atoms with Crippen LogP contribution in [0.25, 0.3) is 0 Å². The molecule has 0 spiro atoms. The van der Waals surface area contributed by atoms with E-state index in [1.54, 1.807) is 0 Å². The fraction of sp³-hybridized carbons (Fsp3) is 0.273. The zero-order valence-electron chi connectivity index (χ0n) is 20.3. The van der Waals surface area contributed by atoms with Gasteiger partial charge in [-0.1, -0.05) is 24.3 Å². The van der Waals surface area contributed by atoms with Gasteiger partial charge in [-0.15, -0.1) is 10.2 Å². The van der Waals surface area contributed by atoms with Crippen LogP contribution < -0.4 is 32.4 Å². The van der Waals surface area contributed by atoms with Crippen LogP contribution in [0.4, 0.5) is 0 Å². The van der Waals surface area contributed by atoms with Gasteiger partial charge in [0.25, 0.3) is 0 Å². The Morgan fingerprint density at radius 3 is 1.43 bits per heavy atom. The Labute approximate surface area is 214 Å². The van der Waals surface area contributed by atoms with Crippen LogP contribution in [0.3, 0.4) is 0 Å². The summed E-state index contributed by atoms with van der Waals surface area (Å²) in [7, 11) is -4.67. The highest BCUT2D eigenvalue weighted by Crippen LogP contribution is 2.29. The van der Waals surface area contributed by atoms with Gasteiger partial charge in [0.1, 0.15) is 11.5 Å². The van der Waals surface area contributed by atoms with Crippen LogP contribution in [-0.4, -0.2) is 54.1 Å². The molecule has 14 nitrogen and oxygen atoms in total. The smallest absolute Gasteiger partial charge is 0.394 e. The molecule has 0 aromatic heterocycles. The lowest BCUT2D eigenvalue weighted by molar-refractivity contribution is 0.318. The number of benzene rings is 2. The number of para-hydroxylation sites is 2. The average Bonchev–Trinajstić information content (AvgIpc) is 2.81. The van der Waals surface area contributed by atoms with Gasteiger partial charge in [-0.05, 0) is 37.1 Å². The minimum Gasteiger partial charge on any atom is -0.492 e. The fourth-order valence-corrected chi connectivity index (χ4v) is 3.36. The van der Waals surface area contributed by atoms with Crippen LogP contribution >= 0.6 is 0 Å². The van der Waals surface area contributed by atoms with Gasteiger partial charge in [0.15, 0.2) is 0 Å². The molecule has 2 aliphatic heterocycles. The molecule has 200 valence electrons. The topological polar surface area (TPSA) is 247 Å². The molecule has 2 aliphatic rings. The molecule has 15 heteroatoms. The summed E-state index contributed by atoms with van der Waals surface area (Å²) in [6.07, 6.45) is 1.43. The number of nitrogens with two attached hydrogens (primary N) is 4. The van der Waals surface area contributed by atoms with Crippen LogP contribution in [0.2, 0.25) is 0 Å². The zero-order chi connectivity index (χ0) is 27.6. The number of nitrogens with zero attached hydrogens (tertiary/aromatic N) is 4. The maximum Gasteiger partial charge on any atom is 0.394 e. The molecule has 0 fully saturated rings. The van der Waals surface area contributed by atoms with E-state index in [-0.39, 0.29) is 11.9 Å². The fourth-order valence-electron chi connectivity index (χ4n) is 3.36. The maximum absolute atomic E-state index is 8.74. The lowest BCUT2D eigenvalue weighted by Crippen LogP contribution is -2.23. The van der Waals surface area contributed by atoms with E-state index < -0.39 is 10.4 Å². The van der Waals surface area contributed by atoms with E-state index in [0.717, 1.165) is 45.2 Å². The Bertz CT molecular complexity index is 1240. The summed E-state index contributed by atoms with van der Waals surface area (Å²) < 4.78 is 42.8. The molecule has 2 aromatic carbocycles. The number of ether oxygens (including phenoxy) is 2. The summed E-state index contributed by atoms with van der Waals surface area (Å²) in [5, 5.41) is 15.4. The normalized spacial score (nSPS) is 15.8. The number of guanidine groups is 2. The molecule has 0 unspecified atom stereocenters. The summed E-state index contributed by atoms with van der Waals surface area (Å²) in [5.74, 6) is 1.68. The van der Waals surface area contributed by atoms with Crippen molar-refractivity contribution in [3.8, 4) is 11.5 Å². The summed E-state index contributed by atoms with van der Waals surface area (Å²) in [5.41, 5.74) is 26.8. The van der Waals surface area contributed by atoms with Gasteiger partial charge in [0, 0.05) is 24.0 Å². The number of fused-ring (bicyclic) bond motifs is 2. The molecule has 4 rings (SSSR count). The predicted molar refractivity (Wildman–Crippen MR) is 141 cm³/mol. The highest BCUT2D eigenvalue weighted by molar-refractivity contribution is 7.79. The molecule has 10 N–H and O–H groups in total. The molecule has 0 radical (unpaired) electrons. The van der Waals surface area contributed by atoms with Gasteiger partial charge in [0.05, 0.1) is 24.6 Å². The van der Waals surface area contributed by atoms with Crippen molar-refractivity contribution in [2.45, 2.75) is 26.7 Å². The van der Waals surface area contributed by atoms with Gasteiger partial charge in [-0.25, -0.2) is 0 Å². The highest BCUT2D eigenvalue weighted by Gasteiger charge is 2.19. The SMILES string of the molecule is Cc1cccc2c1OCC/C2=N\N=C(N)N.Cc1cccc2c1OCC/C2=N\N=C(N)N.O=S(=O)(O)O. The molecule has 0 aliphatic carbocycles. The third kappa shape index (κ3) is 9.75. The number of rotatable bonds is 2. The Hall–Kier alpha value is -4.21. The van der Waals surface area contributed by atoms with E-state index in [1.165, 1.54) is 0 Å². The molecular weight excluding hydrogens is 504 g/mol. The minimum absolute atomic E-state index is 0.0341. The van der Waals surface area contributed by atoms with Crippen LogP contribution in [0.15, 0.2) is 56.8 Å². The lowest BCUT2D eigenvalue weighted by atomic mass is 10.0. The minimum atomic E-state index is -4.67. The van der Waals surface area contributed by atoms with Gasteiger partial charge in [-0.2, -0.15) is 18.6 Å². The van der Waals surface area contributed by atoms with Crippen molar-refractivity contribution >= 4 is 33.7 Å². The Morgan fingerprint density at radius 2 is 1.11 bits per heavy atom. The number of aryl methyl sites for hydroxylation is 2. The van der Waals surface area contributed by atoms with Crippen molar-refractivity contribution in [1.29, 1.82) is 0 Å². The Balaban J connectivity index is 0.000000221. The number of hydrogen-bond donors (Lipinski definition) is 6. The summed E-state index contributed by atoms with van der Waals surface area (Å²) in [6, 6.07) is 11.9. The van der Waals surface area contributed by atoms with Gasteiger partial charge in [-0.3, -0.25) is 9.11 Å². The molecule has 0 bridgehead atoms. The monoisotopic (exact) mass is 534 g/mol. The number of hydrogen-bond acceptors (Lipinski definition) is 8. The molecular formula is C22H30N8O6S. The summed E-state index contributed by atoms with van der Waals surface area (Å²) >= 11 is 0. The van der Waals surface area contributed by atoms with E-state index >= 15 is 0 Å². The van der Waals surface area contributed by atoms with Crippen molar-refractivity contribution < 1.29 is 27.0 Å². The van der Waals surface area contributed by atoms with E-state index in [0.29, 0.717) is 26.1 Å². The highest BCUT2D eigenvalue weighted by atomic mass is 32.3. The molecule has 37 heavy (non-hydrogen) atoms. The Morgan fingerprint density at radius 1 is 0.757 bits per heavy atom. The van der Waals surface area contributed by atoms with E-state index in [2.05, 4.69) is 20.4 Å². The van der Waals surface area contributed by atoms with Crippen LogP contribution in [0, 0.1) is 13.8 Å². The second-order valence-corrected chi connectivity index (χ2v) is 8.59. The first-order valence-electron chi connectivity index (χ1n) is 10.8. The van der Waals surface area contributed by atoms with Crippen LogP contribution in [0.1, 0.15) is 35.1 Å². The van der Waals surface area contributed by atoms with Crippen molar-refractivity contribution in [2.24, 2.45) is 43.3 Å². The molecule has 0 atom stereocenters. The molecule has 0 saturated carbocycles. The van der Waals surface area contributed by atoms with Crippen molar-refractivity contribution in [2.75, 3.05) is 13.2 Å². The zero-order valence-corrected chi connectivity index (χ0v) is 21.1. The van der Waals surface area contributed by atoms with E-state index in [9.17, 15) is 0 Å². The largest absolute Gasteiger partial charge is 0.492 e. The van der Waals surface area contributed by atoms with E-state index in [4.69, 9.17) is 49.9 Å². The first-order chi connectivity index (χ1) is 17.4. The molecule has 0 saturated heterocycles. The van der Waals surface area contributed by atoms with Gasteiger partial charge >= 0.3 is 10.4 Å². The second-order valence-electron chi connectivity index (χ2n) is 7.69. The van der Waals surface area contributed by atoms with Crippen molar-refractivity contribution in [1.82, 2.24) is 0 Å². The lowest BCUT2D eigenvalue weighted by Gasteiger charge is -2.19. The summed E-state index contributed by atoms with van der Waals surface area (Å²) in [4.78, 5) is 0. The maximum atomic E-state index is 8.74. The van der Waals surface area contributed by atoms with Crippen LogP contribution in [-0.2, 0) is 10.4 Å². The third-order valence-corrected chi connectivity index (χ3v) is 4.79. The molecule has 2 heterocycles. The first kappa shape index (κ1) is 29.0.